The molecule has 0 amide bonds. The van der Waals surface area contributed by atoms with Gasteiger partial charge in [-0.1, -0.05) is 48.2 Å². The molecule has 1 saturated heterocycles. The Morgan fingerprint density at radius 3 is 2.38 bits per heavy atom. The van der Waals surface area contributed by atoms with E-state index in [4.69, 9.17) is 0 Å². The third-order valence-electron chi connectivity index (χ3n) is 4.65. The van der Waals surface area contributed by atoms with Gasteiger partial charge in [-0.3, -0.25) is 4.79 Å². The number of Topliss-reactive ketones (excluding diaryl/α,β-unsaturated/α-hetero) is 1. The highest BCUT2D eigenvalue weighted by Crippen LogP contribution is 2.47. The highest BCUT2D eigenvalue weighted by Gasteiger charge is 2.45. The van der Waals surface area contributed by atoms with Crippen molar-refractivity contribution in [2.75, 3.05) is 13.1 Å². The average Bonchev–Trinajstić information content (AvgIpc) is 2.64. The number of rotatable bonds is 0. The Balaban J connectivity index is 1.99. The standard InChI is InChI=1S/C18H17NOS/c20-17-13-5-1-3-7-15(13)21-16-8-4-2-6-14(16)18(17)9-11-19-12-10-18/h1-8,19H,9-12H2. The molecule has 0 bridgehead atoms. The van der Waals surface area contributed by atoms with E-state index in [1.807, 2.05) is 18.2 Å². The Kier molecular flexibility index (Phi) is 3.12. The second-order valence-corrected chi connectivity index (χ2v) is 6.84. The van der Waals surface area contributed by atoms with Gasteiger partial charge in [0.05, 0.1) is 5.41 Å². The molecule has 0 radical (unpaired) electrons. The second kappa shape index (κ2) is 5.00. The molecule has 2 heterocycles. The zero-order chi connectivity index (χ0) is 14.3. The first kappa shape index (κ1) is 13.1. The van der Waals surface area contributed by atoms with Gasteiger partial charge < -0.3 is 5.32 Å². The molecular formula is C18H17NOS. The fourth-order valence-electron chi connectivity index (χ4n) is 3.54. The number of carbonyl (C=O) groups is 1. The Labute approximate surface area is 129 Å². The van der Waals surface area contributed by atoms with E-state index in [0.29, 0.717) is 5.78 Å². The van der Waals surface area contributed by atoms with Crippen LogP contribution in [0, 0.1) is 0 Å². The van der Waals surface area contributed by atoms with E-state index in [1.54, 1.807) is 11.8 Å². The lowest BCUT2D eigenvalue weighted by molar-refractivity contribution is 0.0842. The van der Waals surface area contributed by atoms with Crippen LogP contribution in [0.2, 0.25) is 0 Å². The van der Waals surface area contributed by atoms with Gasteiger partial charge >= 0.3 is 0 Å². The lowest BCUT2D eigenvalue weighted by atomic mass is 9.68. The molecule has 0 aliphatic carbocycles. The van der Waals surface area contributed by atoms with Crippen LogP contribution < -0.4 is 5.32 Å². The van der Waals surface area contributed by atoms with E-state index in [0.717, 1.165) is 36.4 Å². The van der Waals surface area contributed by atoms with Crippen molar-refractivity contribution in [3.05, 3.63) is 59.7 Å². The van der Waals surface area contributed by atoms with Crippen LogP contribution in [0.25, 0.3) is 0 Å². The summed E-state index contributed by atoms with van der Waals surface area (Å²) in [6, 6.07) is 16.5. The monoisotopic (exact) mass is 295 g/mol. The molecule has 2 aromatic rings. The molecule has 0 unspecified atom stereocenters. The van der Waals surface area contributed by atoms with Crippen molar-refractivity contribution in [1.29, 1.82) is 0 Å². The molecule has 2 aliphatic heterocycles. The van der Waals surface area contributed by atoms with E-state index in [1.165, 1.54) is 10.5 Å². The van der Waals surface area contributed by atoms with Crippen molar-refractivity contribution in [2.45, 2.75) is 28.0 Å². The van der Waals surface area contributed by atoms with Gasteiger partial charge in [0.25, 0.3) is 0 Å². The summed E-state index contributed by atoms with van der Waals surface area (Å²) >= 11 is 1.73. The molecule has 0 atom stereocenters. The van der Waals surface area contributed by atoms with Crippen molar-refractivity contribution in [2.24, 2.45) is 0 Å². The van der Waals surface area contributed by atoms with E-state index in [9.17, 15) is 4.79 Å². The summed E-state index contributed by atoms with van der Waals surface area (Å²) in [4.78, 5) is 15.7. The fourth-order valence-corrected chi connectivity index (χ4v) is 4.72. The van der Waals surface area contributed by atoms with E-state index in [-0.39, 0.29) is 5.41 Å². The Morgan fingerprint density at radius 2 is 1.57 bits per heavy atom. The summed E-state index contributed by atoms with van der Waals surface area (Å²) in [6.07, 6.45) is 1.77. The molecule has 0 saturated carbocycles. The summed E-state index contributed by atoms with van der Waals surface area (Å²) in [5.41, 5.74) is 1.76. The van der Waals surface area contributed by atoms with Crippen LogP contribution in [-0.2, 0) is 5.41 Å². The maximum absolute atomic E-state index is 13.3. The maximum Gasteiger partial charge on any atom is 0.174 e. The average molecular weight is 295 g/mol. The minimum absolute atomic E-state index is 0.303. The van der Waals surface area contributed by atoms with Gasteiger partial charge in [-0.2, -0.15) is 0 Å². The zero-order valence-corrected chi connectivity index (χ0v) is 12.6. The molecule has 21 heavy (non-hydrogen) atoms. The molecule has 106 valence electrons. The summed E-state index contributed by atoms with van der Waals surface area (Å²) < 4.78 is 0. The summed E-state index contributed by atoms with van der Waals surface area (Å²) in [5, 5.41) is 3.39. The van der Waals surface area contributed by atoms with E-state index >= 15 is 0 Å². The molecule has 3 heteroatoms. The van der Waals surface area contributed by atoms with Gasteiger partial charge in [0.15, 0.2) is 5.78 Å². The van der Waals surface area contributed by atoms with Crippen molar-refractivity contribution in [3.8, 4) is 0 Å². The smallest absolute Gasteiger partial charge is 0.174 e. The predicted octanol–water partition coefficient (Wildman–Crippen LogP) is 3.66. The Hall–Kier alpha value is -1.58. The van der Waals surface area contributed by atoms with Crippen molar-refractivity contribution in [3.63, 3.8) is 0 Å². The van der Waals surface area contributed by atoms with Crippen LogP contribution in [0.15, 0.2) is 58.3 Å². The number of ketones is 1. The van der Waals surface area contributed by atoms with Crippen molar-refractivity contribution < 1.29 is 4.79 Å². The van der Waals surface area contributed by atoms with E-state index in [2.05, 4.69) is 35.6 Å². The molecule has 2 nitrogen and oxygen atoms in total. The van der Waals surface area contributed by atoms with Gasteiger partial charge in [-0.05, 0) is 43.6 Å². The quantitative estimate of drug-likeness (QED) is 0.804. The Morgan fingerprint density at radius 1 is 0.905 bits per heavy atom. The number of nitrogens with one attached hydrogen (secondary N) is 1. The normalized spacial score (nSPS) is 19.7. The molecule has 1 spiro atoms. The van der Waals surface area contributed by atoms with Crippen LogP contribution in [0.1, 0.15) is 28.8 Å². The number of benzene rings is 2. The van der Waals surface area contributed by atoms with Gasteiger partial charge in [-0.15, -0.1) is 0 Å². The van der Waals surface area contributed by atoms with Gasteiger partial charge in [0.1, 0.15) is 0 Å². The van der Waals surface area contributed by atoms with Gasteiger partial charge in [0.2, 0.25) is 0 Å². The molecule has 4 rings (SSSR count). The highest BCUT2D eigenvalue weighted by molar-refractivity contribution is 7.99. The van der Waals surface area contributed by atoms with Crippen LogP contribution in [0.5, 0.6) is 0 Å². The predicted molar refractivity (Wildman–Crippen MR) is 85.1 cm³/mol. The first-order valence-electron chi connectivity index (χ1n) is 7.43. The van der Waals surface area contributed by atoms with Crippen molar-refractivity contribution in [1.82, 2.24) is 5.32 Å². The highest BCUT2D eigenvalue weighted by atomic mass is 32.2. The molecule has 1 fully saturated rings. The largest absolute Gasteiger partial charge is 0.317 e. The minimum Gasteiger partial charge on any atom is -0.317 e. The van der Waals surface area contributed by atoms with Crippen LogP contribution in [0.3, 0.4) is 0 Å². The molecular weight excluding hydrogens is 278 g/mol. The molecule has 2 aliphatic rings. The van der Waals surface area contributed by atoms with E-state index < -0.39 is 0 Å². The lowest BCUT2D eigenvalue weighted by Crippen LogP contribution is -2.45. The molecule has 2 aromatic carbocycles. The molecule has 0 aromatic heterocycles. The second-order valence-electron chi connectivity index (χ2n) is 5.76. The lowest BCUT2D eigenvalue weighted by Gasteiger charge is -2.36. The Bertz CT molecular complexity index is 704. The number of hydrogen-bond acceptors (Lipinski definition) is 3. The van der Waals surface area contributed by atoms with Crippen molar-refractivity contribution >= 4 is 17.5 Å². The maximum atomic E-state index is 13.3. The number of piperidine rings is 1. The fraction of sp³-hybridized carbons (Fsp3) is 0.278. The van der Waals surface area contributed by atoms with Crippen LogP contribution >= 0.6 is 11.8 Å². The summed E-state index contributed by atoms with van der Waals surface area (Å²) in [6.45, 7) is 1.82. The zero-order valence-electron chi connectivity index (χ0n) is 11.8. The summed E-state index contributed by atoms with van der Waals surface area (Å²) in [5.74, 6) is 0.303. The first-order valence-corrected chi connectivity index (χ1v) is 8.25. The third kappa shape index (κ3) is 1.95. The summed E-state index contributed by atoms with van der Waals surface area (Å²) in [7, 11) is 0. The van der Waals surface area contributed by atoms with Gasteiger partial charge in [-0.25, -0.2) is 0 Å². The minimum atomic E-state index is -0.346. The third-order valence-corrected chi connectivity index (χ3v) is 5.80. The molecule has 1 N–H and O–H groups in total. The number of carbonyl (C=O) groups excluding carboxylic acids is 1. The van der Waals surface area contributed by atoms with Gasteiger partial charge in [0, 0.05) is 15.4 Å². The van der Waals surface area contributed by atoms with Crippen LogP contribution in [-0.4, -0.2) is 18.9 Å². The first-order chi connectivity index (χ1) is 10.3. The number of fused-ring (bicyclic) bond motifs is 3. The number of hydrogen-bond donors (Lipinski definition) is 1. The topological polar surface area (TPSA) is 29.1 Å². The van der Waals surface area contributed by atoms with Crippen LogP contribution in [0.4, 0.5) is 0 Å². The SMILES string of the molecule is O=C1c2ccccc2Sc2ccccc2C12CCNCC2.